The fourth-order valence-corrected chi connectivity index (χ4v) is 3.21. The van der Waals surface area contributed by atoms with Crippen LogP contribution in [0.2, 0.25) is 0 Å². The molecule has 0 bridgehead atoms. The molecule has 0 spiro atoms. The molecule has 2 fully saturated rings. The quantitative estimate of drug-likeness (QED) is 0.499. The maximum absolute atomic E-state index is 12.6. The van der Waals surface area contributed by atoms with Crippen LogP contribution in [0.3, 0.4) is 0 Å². The third kappa shape index (κ3) is 4.30. The predicted molar refractivity (Wildman–Crippen MR) is 98.8 cm³/mol. The van der Waals surface area contributed by atoms with Crippen LogP contribution in [0.4, 0.5) is 5.69 Å². The maximum atomic E-state index is 12.6. The van der Waals surface area contributed by atoms with Crippen molar-refractivity contribution in [1.82, 2.24) is 4.90 Å². The van der Waals surface area contributed by atoms with Crippen LogP contribution in [0.5, 0.6) is 0 Å². The van der Waals surface area contributed by atoms with Gasteiger partial charge in [0.05, 0.1) is 0 Å². The Morgan fingerprint density at radius 2 is 1.78 bits per heavy atom. The summed E-state index contributed by atoms with van der Waals surface area (Å²) < 4.78 is 10.1. The van der Waals surface area contributed by atoms with E-state index < -0.39 is 17.7 Å². The molecule has 0 aliphatic carbocycles. The van der Waals surface area contributed by atoms with E-state index in [1.54, 1.807) is 24.3 Å². The first-order chi connectivity index (χ1) is 12.8. The third-order valence-electron chi connectivity index (χ3n) is 4.70. The first kappa shape index (κ1) is 18.9. The van der Waals surface area contributed by atoms with Crippen LogP contribution in [0.25, 0.3) is 0 Å². The van der Waals surface area contributed by atoms with Gasteiger partial charge < -0.3 is 19.7 Å². The fraction of sp³-hybridized carbons (Fsp3) is 0.450. The Morgan fingerprint density at radius 1 is 1.15 bits per heavy atom. The maximum Gasteiger partial charge on any atom is 0.350 e. The largest absolute Gasteiger partial charge is 0.419 e. The number of benzene rings is 1. The number of likely N-dealkylation sites (tertiary alicyclic amines) is 1. The zero-order chi connectivity index (χ0) is 19.6. The van der Waals surface area contributed by atoms with Crippen LogP contribution < -0.4 is 5.32 Å². The Morgan fingerprint density at radius 3 is 2.37 bits per heavy atom. The van der Waals surface area contributed by atoms with Gasteiger partial charge in [-0.1, -0.05) is 0 Å². The van der Waals surface area contributed by atoms with E-state index in [-0.39, 0.29) is 17.5 Å². The van der Waals surface area contributed by atoms with Gasteiger partial charge in [0, 0.05) is 43.9 Å². The number of nitrogens with zero attached hydrogens (tertiary/aromatic N) is 1. The van der Waals surface area contributed by atoms with Gasteiger partial charge in [0.1, 0.15) is 0 Å². The number of cyclic esters (lactones) is 2. The molecule has 2 saturated heterocycles. The lowest BCUT2D eigenvalue weighted by atomic mass is 10.0. The van der Waals surface area contributed by atoms with Crippen molar-refractivity contribution in [2.24, 2.45) is 0 Å². The van der Waals surface area contributed by atoms with Gasteiger partial charge in [-0.05, 0) is 50.5 Å². The molecule has 1 aromatic rings. The van der Waals surface area contributed by atoms with Crippen molar-refractivity contribution in [3.8, 4) is 0 Å². The number of piperidine rings is 1. The average molecular weight is 372 g/mol. The Bertz CT molecular complexity index is 760. The van der Waals surface area contributed by atoms with Crippen molar-refractivity contribution in [3.05, 3.63) is 41.6 Å². The van der Waals surface area contributed by atoms with E-state index in [1.807, 2.05) is 4.90 Å². The molecule has 2 heterocycles. The number of amides is 1. The minimum Gasteiger partial charge on any atom is -0.419 e. The normalized spacial score (nSPS) is 22.0. The summed E-state index contributed by atoms with van der Waals surface area (Å²) in [5.74, 6) is -2.72. The SMILES string of the molecule is CC1CCCCN1C(=O)c1ccc(NC=C2C(=O)OC(C)(C)OC2=O)cc1. The van der Waals surface area contributed by atoms with Gasteiger partial charge in [0.2, 0.25) is 0 Å². The lowest BCUT2D eigenvalue weighted by Crippen LogP contribution is -2.42. The van der Waals surface area contributed by atoms with Crippen LogP contribution in [-0.4, -0.2) is 41.1 Å². The van der Waals surface area contributed by atoms with Crippen molar-refractivity contribution in [1.29, 1.82) is 0 Å². The molecule has 3 rings (SSSR count). The van der Waals surface area contributed by atoms with Gasteiger partial charge in [-0.15, -0.1) is 0 Å². The zero-order valence-electron chi connectivity index (χ0n) is 15.8. The summed E-state index contributed by atoms with van der Waals surface area (Å²) in [4.78, 5) is 38.4. The molecule has 7 nitrogen and oxygen atoms in total. The molecule has 1 atom stereocenters. The van der Waals surface area contributed by atoms with E-state index in [0.717, 1.165) is 25.8 Å². The molecule has 1 aromatic carbocycles. The number of hydrogen-bond donors (Lipinski definition) is 1. The molecule has 7 heteroatoms. The van der Waals surface area contributed by atoms with Crippen LogP contribution in [-0.2, 0) is 19.1 Å². The number of esters is 2. The van der Waals surface area contributed by atoms with E-state index in [9.17, 15) is 14.4 Å². The summed E-state index contributed by atoms with van der Waals surface area (Å²) in [6.45, 7) is 5.84. The molecule has 27 heavy (non-hydrogen) atoms. The van der Waals surface area contributed by atoms with Crippen molar-refractivity contribution >= 4 is 23.5 Å². The van der Waals surface area contributed by atoms with Gasteiger partial charge in [-0.2, -0.15) is 0 Å². The van der Waals surface area contributed by atoms with Gasteiger partial charge >= 0.3 is 11.9 Å². The van der Waals surface area contributed by atoms with Crippen molar-refractivity contribution in [2.45, 2.75) is 51.9 Å². The Hall–Kier alpha value is -2.83. The smallest absolute Gasteiger partial charge is 0.350 e. The van der Waals surface area contributed by atoms with Crippen LogP contribution in [0, 0.1) is 0 Å². The van der Waals surface area contributed by atoms with E-state index in [0.29, 0.717) is 11.3 Å². The number of ether oxygens (including phenoxy) is 2. The molecule has 0 radical (unpaired) electrons. The molecule has 0 saturated carbocycles. The molecule has 0 aromatic heterocycles. The number of anilines is 1. The number of rotatable bonds is 3. The third-order valence-corrected chi connectivity index (χ3v) is 4.70. The molecule has 1 amide bonds. The van der Waals surface area contributed by atoms with E-state index in [1.165, 1.54) is 20.0 Å². The fourth-order valence-electron chi connectivity index (χ4n) is 3.21. The zero-order valence-corrected chi connectivity index (χ0v) is 15.8. The molecule has 1 unspecified atom stereocenters. The topological polar surface area (TPSA) is 84.9 Å². The van der Waals surface area contributed by atoms with E-state index >= 15 is 0 Å². The standard InChI is InChI=1S/C20H24N2O5/c1-13-6-4-5-11-22(13)17(23)14-7-9-15(10-8-14)21-12-16-18(24)26-20(2,3)27-19(16)25/h7-10,12-13,21H,4-6,11H2,1-3H3. The number of hydrogen-bond acceptors (Lipinski definition) is 6. The van der Waals surface area contributed by atoms with Crippen molar-refractivity contribution in [3.63, 3.8) is 0 Å². The summed E-state index contributed by atoms with van der Waals surface area (Å²) in [7, 11) is 0. The predicted octanol–water partition coefficient (Wildman–Crippen LogP) is 2.83. The Labute approximate surface area is 158 Å². The second-order valence-electron chi connectivity index (χ2n) is 7.30. The minimum atomic E-state index is -1.26. The van der Waals surface area contributed by atoms with E-state index in [4.69, 9.17) is 9.47 Å². The highest BCUT2D eigenvalue weighted by molar-refractivity contribution is 6.15. The molecule has 2 aliphatic heterocycles. The average Bonchev–Trinajstić information content (AvgIpc) is 2.60. The lowest BCUT2D eigenvalue weighted by molar-refractivity contribution is -0.222. The molecular formula is C20H24N2O5. The highest BCUT2D eigenvalue weighted by Crippen LogP contribution is 2.23. The summed E-state index contributed by atoms with van der Waals surface area (Å²) in [6, 6.07) is 7.15. The first-order valence-corrected chi connectivity index (χ1v) is 9.11. The second kappa shape index (κ2) is 7.42. The highest BCUT2D eigenvalue weighted by atomic mass is 16.7. The van der Waals surface area contributed by atoms with Crippen LogP contribution in [0.15, 0.2) is 36.0 Å². The van der Waals surface area contributed by atoms with Crippen LogP contribution in [0.1, 0.15) is 50.4 Å². The highest BCUT2D eigenvalue weighted by Gasteiger charge is 2.38. The molecule has 1 N–H and O–H groups in total. The van der Waals surface area contributed by atoms with Gasteiger partial charge in [0.25, 0.3) is 11.7 Å². The first-order valence-electron chi connectivity index (χ1n) is 9.11. The van der Waals surface area contributed by atoms with E-state index in [2.05, 4.69) is 12.2 Å². The van der Waals surface area contributed by atoms with Gasteiger partial charge in [0.15, 0.2) is 5.57 Å². The van der Waals surface area contributed by atoms with Gasteiger partial charge in [-0.25, -0.2) is 9.59 Å². The van der Waals surface area contributed by atoms with Crippen molar-refractivity contribution < 1.29 is 23.9 Å². The Kier molecular flexibility index (Phi) is 5.21. The number of carbonyl (C=O) groups is 3. The monoisotopic (exact) mass is 372 g/mol. The molecular weight excluding hydrogens is 348 g/mol. The summed E-state index contributed by atoms with van der Waals surface area (Å²) >= 11 is 0. The molecule has 144 valence electrons. The summed E-state index contributed by atoms with van der Waals surface area (Å²) in [5.41, 5.74) is 1.04. The van der Waals surface area contributed by atoms with Crippen LogP contribution >= 0.6 is 0 Å². The summed E-state index contributed by atoms with van der Waals surface area (Å²) in [5, 5.41) is 2.87. The minimum absolute atomic E-state index is 0.0220. The number of carbonyl (C=O) groups excluding carboxylic acids is 3. The lowest BCUT2D eigenvalue weighted by Gasteiger charge is -2.33. The number of nitrogens with one attached hydrogen (secondary N) is 1. The Balaban J connectivity index is 1.66. The second-order valence-corrected chi connectivity index (χ2v) is 7.30. The van der Waals surface area contributed by atoms with Gasteiger partial charge in [-0.3, -0.25) is 4.79 Å². The molecule has 2 aliphatic rings. The van der Waals surface area contributed by atoms with Crippen molar-refractivity contribution in [2.75, 3.05) is 11.9 Å². The summed E-state index contributed by atoms with van der Waals surface area (Å²) in [6.07, 6.45) is 4.47.